The van der Waals surface area contributed by atoms with Gasteiger partial charge < -0.3 is 14.5 Å². The SMILES string of the molecule is CCCCOC(=O)N1CCN(C(=O)Cc2csc(Cl)c2)CC1. The average Bonchev–Trinajstić information content (AvgIpc) is 2.92. The van der Waals surface area contributed by atoms with Gasteiger partial charge >= 0.3 is 6.09 Å². The van der Waals surface area contributed by atoms with E-state index in [1.54, 1.807) is 9.80 Å². The van der Waals surface area contributed by atoms with Crippen LogP contribution in [-0.2, 0) is 16.0 Å². The number of nitrogens with zero attached hydrogens (tertiary/aromatic N) is 2. The minimum absolute atomic E-state index is 0.0773. The number of unbranched alkanes of at least 4 members (excludes halogenated alkanes) is 1. The second-order valence-electron chi connectivity index (χ2n) is 5.27. The summed E-state index contributed by atoms with van der Waals surface area (Å²) in [4.78, 5) is 27.5. The van der Waals surface area contributed by atoms with Crippen LogP contribution in [0.15, 0.2) is 11.4 Å². The quantitative estimate of drug-likeness (QED) is 0.771. The Kier molecular flexibility index (Phi) is 6.51. The first-order chi connectivity index (χ1) is 10.6. The summed E-state index contributed by atoms with van der Waals surface area (Å²) in [6.07, 6.45) is 1.98. The molecule has 0 aliphatic carbocycles. The van der Waals surface area contributed by atoms with Crippen LogP contribution in [0.5, 0.6) is 0 Å². The molecule has 1 aromatic rings. The maximum absolute atomic E-state index is 12.2. The molecule has 0 aromatic carbocycles. The molecule has 1 aliphatic heterocycles. The van der Waals surface area contributed by atoms with Crippen molar-refractivity contribution in [1.29, 1.82) is 0 Å². The van der Waals surface area contributed by atoms with Gasteiger partial charge in [0.2, 0.25) is 5.91 Å². The van der Waals surface area contributed by atoms with Crippen molar-refractivity contribution >= 4 is 34.9 Å². The fourth-order valence-corrected chi connectivity index (χ4v) is 3.17. The zero-order valence-electron chi connectivity index (χ0n) is 12.7. The summed E-state index contributed by atoms with van der Waals surface area (Å²) < 4.78 is 5.88. The molecule has 0 spiro atoms. The predicted molar refractivity (Wildman–Crippen MR) is 87.4 cm³/mol. The summed E-state index contributed by atoms with van der Waals surface area (Å²) in [7, 11) is 0. The van der Waals surface area contributed by atoms with Crippen LogP contribution in [0.25, 0.3) is 0 Å². The maximum Gasteiger partial charge on any atom is 0.409 e. The third-order valence-electron chi connectivity index (χ3n) is 3.59. The Morgan fingerprint density at radius 2 is 1.95 bits per heavy atom. The molecule has 122 valence electrons. The van der Waals surface area contributed by atoms with Gasteiger partial charge in [0.1, 0.15) is 0 Å². The zero-order chi connectivity index (χ0) is 15.9. The Morgan fingerprint density at radius 3 is 2.55 bits per heavy atom. The van der Waals surface area contributed by atoms with Gasteiger partial charge in [0.25, 0.3) is 0 Å². The first-order valence-electron chi connectivity index (χ1n) is 7.52. The lowest BCUT2D eigenvalue weighted by Gasteiger charge is -2.34. The van der Waals surface area contributed by atoms with Crippen LogP contribution in [0.2, 0.25) is 4.34 Å². The molecule has 5 nitrogen and oxygen atoms in total. The number of thiophene rings is 1. The van der Waals surface area contributed by atoms with E-state index in [1.807, 2.05) is 11.4 Å². The Balaban J connectivity index is 1.74. The van der Waals surface area contributed by atoms with Crippen molar-refractivity contribution < 1.29 is 14.3 Å². The number of rotatable bonds is 5. The molecule has 0 N–H and O–H groups in total. The van der Waals surface area contributed by atoms with E-state index in [4.69, 9.17) is 16.3 Å². The first-order valence-corrected chi connectivity index (χ1v) is 8.78. The van der Waals surface area contributed by atoms with E-state index >= 15 is 0 Å². The molecule has 0 atom stereocenters. The molecule has 0 bridgehead atoms. The van der Waals surface area contributed by atoms with E-state index in [0.29, 0.717) is 43.5 Å². The molecule has 2 rings (SSSR count). The highest BCUT2D eigenvalue weighted by molar-refractivity contribution is 7.14. The van der Waals surface area contributed by atoms with E-state index in [2.05, 4.69) is 6.92 Å². The maximum atomic E-state index is 12.2. The average molecular weight is 345 g/mol. The van der Waals surface area contributed by atoms with Gasteiger partial charge in [0.15, 0.2) is 0 Å². The molecule has 22 heavy (non-hydrogen) atoms. The van der Waals surface area contributed by atoms with Crippen LogP contribution >= 0.6 is 22.9 Å². The van der Waals surface area contributed by atoms with Crippen molar-refractivity contribution in [2.24, 2.45) is 0 Å². The van der Waals surface area contributed by atoms with Crippen LogP contribution in [-0.4, -0.2) is 54.6 Å². The highest BCUT2D eigenvalue weighted by atomic mass is 35.5. The minimum Gasteiger partial charge on any atom is -0.449 e. The number of piperazine rings is 1. The second kappa shape index (κ2) is 8.39. The van der Waals surface area contributed by atoms with Crippen LogP contribution < -0.4 is 0 Å². The Morgan fingerprint density at radius 1 is 1.27 bits per heavy atom. The van der Waals surface area contributed by atoms with Crippen molar-refractivity contribution in [3.05, 3.63) is 21.3 Å². The number of carbonyl (C=O) groups is 2. The van der Waals surface area contributed by atoms with Gasteiger partial charge in [-0.3, -0.25) is 4.79 Å². The minimum atomic E-state index is -0.273. The van der Waals surface area contributed by atoms with E-state index in [0.717, 1.165) is 18.4 Å². The van der Waals surface area contributed by atoms with E-state index < -0.39 is 0 Å². The van der Waals surface area contributed by atoms with Crippen molar-refractivity contribution in [1.82, 2.24) is 9.80 Å². The summed E-state index contributed by atoms with van der Waals surface area (Å²) in [6.45, 7) is 4.69. The molecule has 0 radical (unpaired) electrons. The molecule has 2 amide bonds. The van der Waals surface area contributed by atoms with Gasteiger partial charge in [-0.2, -0.15) is 0 Å². The monoisotopic (exact) mass is 344 g/mol. The fourth-order valence-electron chi connectivity index (χ4n) is 2.26. The van der Waals surface area contributed by atoms with Crippen molar-refractivity contribution in [2.75, 3.05) is 32.8 Å². The Labute approximate surface area is 139 Å². The third-order valence-corrected chi connectivity index (χ3v) is 4.73. The number of carbonyl (C=O) groups excluding carboxylic acids is 2. The summed E-state index contributed by atoms with van der Waals surface area (Å²) in [5.41, 5.74) is 0.946. The molecule has 1 saturated heterocycles. The molecule has 0 saturated carbocycles. The summed E-state index contributed by atoms with van der Waals surface area (Å²) in [6, 6.07) is 1.82. The number of ether oxygens (including phenoxy) is 1. The molecule has 1 fully saturated rings. The van der Waals surface area contributed by atoms with Crippen LogP contribution in [0.3, 0.4) is 0 Å². The smallest absolute Gasteiger partial charge is 0.409 e. The van der Waals surface area contributed by atoms with Crippen LogP contribution in [0.4, 0.5) is 4.79 Å². The molecule has 2 heterocycles. The molecular weight excluding hydrogens is 324 g/mol. The normalized spacial score (nSPS) is 15.0. The molecule has 0 unspecified atom stereocenters. The van der Waals surface area contributed by atoms with Crippen LogP contribution in [0, 0.1) is 0 Å². The molecule has 1 aliphatic rings. The Bertz CT molecular complexity index is 513. The molecule has 7 heteroatoms. The number of amides is 2. The lowest BCUT2D eigenvalue weighted by atomic mass is 10.2. The van der Waals surface area contributed by atoms with Gasteiger partial charge in [0, 0.05) is 26.2 Å². The lowest BCUT2D eigenvalue weighted by Crippen LogP contribution is -2.51. The van der Waals surface area contributed by atoms with Crippen LogP contribution in [0.1, 0.15) is 25.3 Å². The van der Waals surface area contributed by atoms with Gasteiger partial charge in [0.05, 0.1) is 17.4 Å². The zero-order valence-corrected chi connectivity index (χ0v) is 14.3. The van der Waals surface area contributed by atoms with E-state index in [9.17, 15) is 9.59 Å². The highest BCUT2D eigenvalue weighted by Gasteiger charge is 2.25. The number of halogens is 1. The second-order valence-corrected chi connectivity index (χ2v) is 6.81. The fraction of sp³-hybridized carbons (Fsp3) is 0.600. The largest absolute Gasteiger partial charge is 0.449 e. The summed E-state index contributed by atoms with van der Waals surface area (Å²) in [5, 5.41) is 1.90. The van der Waals surface area contributed by atoms with E-state index in [1.165, 1.54) is 11.3 Å². The van der Waals surface area contributed by atoms with Gasteiger partial charge in [-0.25, -0.2) is 4.79 Å². The topological polar surface area (TPSA) is 49.9 Å². The summed E-state index contributed by atoms with van der Waals surface area (Å²) in [5.74, 6) is 0.0773. The third kappa shape index (κ3) is 4.88. The highest BCUT2D eigenvalue weighted by Crippen LogP contribution is 2.20. The van der Waals surface area contributed by atoms with Gasteiger partial charge in [-0.15, -0.1) is 11.3 Å². The first kappa shape index (κ1) is 17.1. The number of hydrogen-bond donors (Lipinski definition) is 0. The predicted octanol–water partition coefficient (Wildman–Crippen LogP) is 3.02. The van der Waals surface area contributed by atoms with Gasteiger partial charge in [-0.1, -0.05) is 24.9 Å². The van der Waals surface area contributed by atoms with Crippen molar-refractivity contribution in [2.45, 2.75) is 26.2 Å². The number of hydrogen-bond acceptors (Lipinski definition) is 4. The van der Waals surface area contributed by atoms with Crippen molar-refractivity contribution in [3.63, 3.8) is 0 Å². The standard InChI is InChI=1S/C15H21ClN2O3S/c1-2-3-8-21-15(20)18-6-4-17(5-7-18)14(19)10-12-9-13(16)22-11-12/h9,11H,2-8,10H2,1H3. The van der Waals surface area contributed by atoms with Gasteiger partial charge in [-0.05, 0) is 23.4 Å². The lowest BCUT2D eigenvalue weighted by molar-refractivity contribution is -0.132. The summed E-state index contributed by atoms with van der Waals surface area (Å²) >= 11 is 7.30. The van der Waals surface area contributed by atoms with E-state index in [-0.39, 0.29) is 12.0 Å². The Hall–Kier alpha value is -1.27. The molecule has 1 aromatic heterocycles. The molecular formula is C15H21ClN2O3S. The van der Waals surface area contributed by atoms with Crippen molar-refractivity contribution in [3.8, 4) is 0 Å².